The highest BCUT2D eigenvalue weighted by molar-refractivity contribution is 8.00. The maximum atomic E-state index is 12.9. The lowest BCUT2D eigenvalue weighted by Gasteiger charge is -2.45. The smallest absolute Gasteiger partial charge is 0.315 e. The number of aromatic nitrogens is 1. The lowest BCUT2D eigenvalue weighted by atomic mass is 9.66. The van der Waals surface area contributed by atoms with Gasteiger partial charge in [0.2, 0.25) is 0 Å². The second-order valence-electron chi connectivity index (χ2n) is 7.76. The zero-order chi connectivity index (χ0) is 18.4. The van der Waals surface area contributed by atoms with E-state index in [0.29, 0.717) is 5.75 Å². The van der Waals surface area contributed by atoms with Crippen molar-refractivity contribution >= 4 is 35.0 Å². The van der Waals surface area contributed by atoms with Gasteiger partial charge in [-0.3, -0.25) is 14.4 Å². The number of ether oxygens (including phenoxy) is 1. The topological polar surface area (TPSA) is 96.5 Å². The number of carboxylic acids is 1. The molecule has 0 radical (unpaired) electrons. The summed E-state index contributed by atoms with van der Waals surface area (Å²) in [5.41, 5.74) is 0.926. The molecule has 2 aromatic rings. The number of benzene rings is 1. The summed E-state index contributed by atoms with van der Waals surface area (Å²) in [6.45, 7) is 0. The lowest BCUT2D eigenvalue weighted by Crippen LogP contribution is -2.49. The number of fused-ring (bicyclic) bond motifs is 6. The molecule has 6 rings (SSSR count). The third kappa shape index (κ3) is 1.95. The number of rotatable bonds is 1. The predicted molar refractivity (Wildman–Crippen MR) is 98.2 cm³/mol. The molecule has 0 amide bonds. The largest absolute Gasteiger partial charge is 0.481 e. The van der Waals surface area contributed by atoms with Crippen molar-refractivity contribution in [1.82, 2.24) is 4.98 Å². The number of hydrogen-bond acceptors (Lipinski definition) is 6. The Balaban J connectivity index is 1.64. The highest BCUT2D eigenvalue weighted by Crippen LogP contribution is 2.68. The van der Waals surface area contributed by atoms with Crippen LogP contribution in [0, 0.1) is 29.6 Å². The van der Waals surface area contributed by atoms with Crippen LogP contribution in [0.25, 0.3) is 0 Å². The first kappa shape index (κ1) is 15.9. The Morgan fingerprint density at radius 3 is 2.85 bits per heavy atom. The van der Waals surface area contributed by atoms with Crippen molar-refractivity contribution in [1.29, 1.82) is 0 Å². The Labute approximate surface area is 161 Å². The number of para-hydroxylation sites is 1. The molecule has 2 fully saturated rings. The van der Waals surface area contributed by atoms with Gasteiger partial charge in [0.1, 0.15) is 5.75 Å². The van der Waals surface area contributed by atoms with Gasteiger partial charge in [-0.15, -0.1) is 11.8 Å². The predicted octanol–water partition coefficient (Wildman–Crippen LogP) is 2.54. The molecule has 0 spiro atoms. The summed E-state index contributed by atoms with van der Waals surface area (Å²) in [6, 6.07) is 7.47. The Morgan fingerprint density at radius 2 is 2.04 bits per heavy atom. The van der Waals surface area contributed by atoms with E-state index in [4.69, 9.17) is 4.74 Å². The molecular formula is C19H15NO5S2. The van der Waals surface area contributed by atoms with Crippen LogP contribution < -0.4 is 9.61 Å². The van der Waals surface area contributed by atoms with E-state index in [1.165, 1.54) is 11.3 Å². The Bertz CT molecular complexity index is 1060. The van der Waals surface area contributed by atoms with Crippen LogP contribution in [-0.4, -0.2) is 27.3 Å². The zero-order valence-corrected chi connectivity index (χ0v) is 15.6. The van der Waals surface area contributed by atoms with E-state index in [0.717, 1.165) is 21.9 Å². The molecule has 0 saturated heterocycles. The van der Waals surface area contributed by atoms with Crippen LogP contribution in [0.2, 0.25) is 0 Å². The molecule has 2 bridgehead atoms. The molecule has 7 atom stereocenters. The number of H-pyrrole nitrogens is 1. The van der Waals surface area contributed by atoms with E-state index in [1.807, 2.05) is 18.2 Å². The van der Waals surface area contributed by atoms with E-state index in [9.17, 15) is 19.5 Å². The summed E-state index contributed by atoms with van der Waals surface area (Å²) in [7, 11) is 0. The highest BCUT2D eigenvalue weighted by Gasteiger charge is 2.67. The number of aromatic amines is 1. The van der Waals surface area contributed by atoms with Gasteiger partial charge in [0.15, 0.2) is 0 Å². The molecule has 0 unspecified atom stereocenters. The summed E-state index contributed by atoms with van der Waals surface area (Å²) in [4.78, 5) is 40.9. The quantitative estimate of drug-likeness (QED) is 0.563. The Morgan fingerprint density at radius 1 is 1.22 bits per heavy atom. The van der Waals surface area contributed by atoms with Crippen molar-refractivity contribution in [3.05, 3.63) is 44.4 Å². The summed E-state index contributed by atoms with van der Waals surface area (Å²) in [5.74, 6) is -2.16. The van der Waals surface area contributed by atoms with Crippen LogP contribution in [-0.2, 0) is 9.59 Å². The first-order valence-corrected chi connectivity index (χ1v) is 10.7. The molecular weight excluding hydrogens is 386 g/mol. The number of carbonyl (C=O) groups excluding carboxylic acids is 1. The third-order valence-corrected chi connectivity index (χ3v) is 9.32. The number of carboxylic acid groups (broad SMARTS) is 1. The second-order valence-corrected chi connectivity index (χ2v) is 9.96. The molecule has 3 heterocycles. The second kappa shape index (κ2) is 5.26. The number of esters is 1. The molecule has 6 nitrogen and oxygen atoms in total. The Kier molecular flexibility index (Phi) is 3.11. The number of thioether (sulfide) groups is 1. The van der Waals surface area contributed by atoms with Crippen molar-refractivity contribution in [3.8, 4) is 5.75 Å². The van der Waals surface area contributed by atoms with E-state index in [1.54, 1.807) is 17.8 Å². The molecule has 27 heavy (non-hydrogen) atoms. The normalized spacial score (nSPS) is 37.8. The Hall–Kier alpha value is -2.06. The van der Waals surface area contributed by atoms with Crippen LogP contribution in [0.5, 0.6) is 5.75 Å². The first-order chi connectivity index (χ1) is 13.0. The summed E-state index contributed by atoms with van der Waals surface area (Å²) in [5, 5.41) is 10.8. The molecule has 1 aromatic heterocycles. The molecule has 8 heteroatoms. The maximum absolute atomic E-state index is 12.9. The van der Waals surface area contributed by atoms with E-state index in [-0.39, 0.29) is 33.8 Å². The van der Waals surface area contributed by atoms with E-state index in [2.05, 4.69) is 4.98 Å². The average Bonchev–Trinajstić information content (AvgIpc) is 3.29. The molecule has 138 valence electrons. The van der Waals surface area contributed by atoms with Gasteiger partial charge in [-0.05, 0) is 30.2 Å². The van der Waals surface area contributed by atoms with Crippen molar-refractivity contribution in [2.75, 3.05) is 0 Å². The van der Waals surface area contributed by atoms with Crippen LogP contribution in [0.4, 0.5) is 0 Å². The van der Waals surface area contributed by atoms with Crippen LogP contribution in [0.3, 0.4) is 0 Å². The van der Waals surface area contributed by atoms with Crippen LogP contribution in [0.15, 0.2) is 34.1 Å². The van der Waals surface area contributed by atoms with Crippen molar-refractivity contribution in [2.24, 2.45) is 29.6 Å². The standard InChI is InChI=1S/C19H15NO5S2/c21-17(22)12-8-5-7-11-10(15-16(26-14(8)11)20-19(24)27-15)6-3-1-2-4-9(6)25-18(23)13(7)12/h1-4,7-8,10-14H,5H2,(H,20,24)(H,21,22)/t7-,8+,10-,11+,12-,13+,14-/m0/s1. The van der Waals surface area contributed by atoms with Crippen molar-refractivity contribution < 1.29 is 19.4 Å². The maximum Gasteiger partial charge on any atom is 0.315 e. The first-order valence-electron chi connectivity index (χ1n) is 8.97. The van der Waals surface area contributed by atoms with E-state index >= 15 is 0 Å². The van der Waals surface area contributed by atoms with Gasteiger partial charge in [0, 0.05) is 21.6 Å². The van der Waals surface area contributed by atoms with Crippen molar-refractivity contribution in [2.45, 2.75) is 22.6 Å². The minimum absolute atomic E-state index is 0.0233. The van der Waals surface area contributed by atoms with Gasteiger partial charge in [-0.1, -0.05) is 29.5 Å². The van der Waals surface area contributed by atoms with Gasteiger partial charge in [-0.25, -0.2) is 0 Å². The third-order valence-electron chi connectivity index (χ3n) is 6.73. The zero-order valence-electron chi connectivity index (χ0n) is 14.0. The van der Waals surface area contributed by atoms with Gasteiger partial charge < -0.3 is 14.8 Å². The van der Waals surface area contributed by atoms with Crippen molar-refractivity contribution in [3.63, 3.8) is 0 Å². The van der Waals surface area contributed by atoms with Gasteiger partial charge >= 0.3 is 16.8 Å². The number of aliphatic carboxylic acids is 1. The molecule has 2 saturated carbocycles. The SMILES string of the molecule is O=C1Oc2ccccc2[C@@H]2c3sc(=O)[nH]c3S[C@H]3[C@@H]4C[C@H]([C@@H]1[C@H]4C(=O)O)[C@H]23. The summed E-state index contributed by atoms with van der Waals surface area (Å²) in [6.07, 6.45) is 0.733. The number of nitrogens with one attached hydrogen (secondary N) is 1. The fourth-order valence-electron chi connectivity index (χ4n) is 5.95. The van der Waals surface area contributed by atoms with Crippen LogP contribution >= 0.6 is 23.1 Å². The minimum atomic E-state index is -0.918. The number of hydrogen-bond donors (Lipinski definition) is 2. The average molecular weight is 401 g/mol. The molecule has 4 aliphatic rings. The summed E-state index contributed by atoms with van der Waals surface area (Å²) < 4.78 is 5.72. The van der Waals surface area contributed by atoms with Gasteiger partial charge in [0.05, 0.1) is 16.9 Å². The number of thiazole rings is 1. The molecule has 2 aliphatic carbocycles. The molecule has 1 aromatic carbocycles. The fourth-order valence-corrected chi connectivity index (χ4v) is 8.83. The monoisotopic (exact) mass is 401 g/mol. The molecule has 2 aliphatic heterocycles. The van der Waals surface area contributed by atoms with E-state index < -0.39 is 23.8 Å². The molecule has 2 N–H and O–H groups in total. The summed E-state index contributed by atoms with van der Waals surface area (Å²) >= 11 is 2.83. The lowest BCUT2D eigenvalue weighted by molar-refractivity contribution is -0.156. The van der Waals surface area contributed by atoms with Crippen LogP contribution in [0.1, 0.15) is 22.8 Å². The highest BCUT2D eigenvalue weighted by atomic mass is 32.2. The minimum Gasteiger partial charge on any atom is -0.481 e. The number of carbonyl (C=O) groups is 2. The van der Waals surface area contributed by atoms with Gasteiger partial charge in [-0.2, -0.15) is 0 Å². The van der Waals surface area contributed by atoms with Gasteiger partial charge in [0.25, 0.3) is 0 Å². The fraction of sp³-hybridized carbons (Fsp3) is 0.421.